The zero-order valence-electron chi connectivity index (χ0n) is 7.91. The van der Waals surface area contributed by atoms with Crippen LogP contribution in [0.15, 0.2) is 12.3 Å². The zero-order chi connectivity index (χ0) is 10.1. The Kier molecular flexibility index (Phi) is 2.61. The van der Waals surface area contributed by atoms with Crippen LogP contribution < -0.4 is 11.5 Å². The molecule has 76 valence electrons. The number of hydrogen-bond donors (Lipinski definition) is 2. The lowest BCUT2D eigenvalue weighted by Crippen LogP contribution is -2.14. The molecule has 0 radical (unpaired) electrons. The summed E-state index contributed by atoms with van der Waals surface area (Å²) in [4.78, 5) is 3.99. The van der Waals surface area contributed by atoms with E-state index in [1.54, 1.807) is 6.20 Å². The highest BCUT2D eigenvalue weighted by atomic mass is 35.5. The van der Waals surface area contributed by atoms with Crippen LogP contribution in [0.3, 0.4) is 0 Å². The van der Waals surface area contributed by atoms with Gasteiger partial charge in [-0.15, -0.1) is 0 Å². The molecule has 1 atom stereocenters. The number of nitrogens with zero attached hydrogens (tertiary/aromatic N) is 1. The van der Waals surface area contributed by atoms with E-state index in [1.165, 1.54) is 12.8 Å². The van der Waals surface area contributed by atoms with Crippen LogP contribution in [0, 0.1) is 5.92 Å². The average Bonchev–Trinajstić information content (AvgIpc) is 2.93. The first-order valence-corrected chi connectivity index (χ1v) is 5.21. The second-order valence-corrected chi connectivity index (χ2v) is 4.35. The number of aromatic nitrogens is 1. The van der Waals surface area contributed by atoms with Gasteiger partial charge in [0.1, 0.15) is 5.82 Å². The zero-order valence-corrected chi connectivity index (χ0v) is 8.67. The second kappa shape index (κ2) is 3.75. The summed E-state index contributed by atoms with van der Waals surface area (Å²) in [7, 11) is 0. The molecule has 0 amide bonds. The van der Waals surface area contributed by atoms with Crippen molar-refractivity contribution in [2.75, 3.05) is 5.73 Å². The lowest BCUT2D eigenvalue weighted by atomic mass is 10.0. The van der Waals surface area contributed by atoms with Crippen molar-refractivity contribution in [2.45, 2.75) is 25.3 Å². The van der Waals surface area contributed by atoms with Gasteiger partial charge in [0.15, 0.2) is 0 Å². The van der Waals surface area contributed by atoms with Gasteiger partial charge < -0.3 is 11.5 Å². The standard InChI is InChI=1S/C10H14ClN3/c11-7-4-8(10(13)14-5-7)9(12)3-6-1-2-6/h4-6,9H,1-3,12H2,(H2,13,14). The van der Waals surface area contributed by atoms with Crippen LogP contribution in [-0.4, -0.2) is 4.98 Å². The predicted molar refractivity (Wildman–Crippen MR) is 57.9 cm³/mol. The molecule has 4 heteroatoms. The highest BCUT2D eigenvalue weighted by Gasteiger charge is 2.25. The molecule has 1 aliphatic carbocycles. The fourth-order valence-electron chi connectivity index (χ4n) is 1.60. The molecule has 14 heavy (non-hydrogen) atoms. The number of nitrogen functional groups attached to an aromatic ring is 1. The predicted octanol–water partition coefficient (Wildman–Crippen LogP) is 2.12. The molecule has 0 bridgehead atoms. The summed E-state index contributed by atoms with van der Waals surface area (Å²) < 4.78 is 0. The largest absolute Gasteiger partial charge is 0.383 e. The normalized spacial score (nSPS) is 18.1. The molecule has 4 N–H and O–H groups in total. The smallest absolute Gasteiger partial charge is 0.128 e. The van der Waals surface area contributed by atoms with Crippen LogP contribution in [-0.2, 0) is 0 Å². The highest BCUT2D eigenvalue weighted by Crippen LogP contribution is 2.37. The first kappa shape index (κ1) is 9.74. The number of pyridine rings is 1. The topological polar surface area (TPSA) is 64.9 Å². The second-order valence-electron chi connectivity index (χ2n) is 3.91. The number of hydrogen-bond acceptors (Lipinski definition) is 3. The lowest BCUT2D eigenvalue weighted by Gasteiger charge is -2.13. The van der Waals surface area contributed by atoms with Crippen LogP contribution in [0.25, 0.3) is 0 Å². The van der Waals surface area contributed by atoms with E-state index in [-0.39, 0.29) is 6.04 Å². The highest BCUT2D eigenvalue weighted by molar-refractivity contribution is 6.30. The van der Waals surface area contributed by atoms with E-state index >= 15 is 0 Å². The third kappa shape index (κ3) is 2.16. The van der Waals surface area contributed by atoms with E-state index < -0.39 is 0 Å². The number of anilines is 1. The van der Waals surface area contributed by atoms with Gasteiger partial charge in [0.05, 0.1) is 5.02 Å². The minimum Gasteiger partial charge on any atom is -0.383 e. The summed E-state index contributed by atoms with van der Waals surface area (Å²) in [5.74, 6) is 1.28. The first-order valence-electron chi connectivity index (χ1n) is 4.83. The fourth-order valence-corrected chi connectivity index (χ4v) is 1.77. The molecule has 1 saturated carbocycles. The van der Waals surface area contributed by atoms with Gasteiger partial charge in [0.25, 0.3) is 0 Å². The van der Waals surface area contributed by atoms with Gasteiger partial charge >= 0.3 is 0 Å². The summed E-state index contributed by atoms with van der Waals surface area (Å²) >= 11 is 5.84. The van der Waals surface area contributed by atoms with E-state index in [0.29, 0.717) is 10.8 Å². The quantitative estimate of drug-likeness (QED) is 0.805. The van der Waals surface area contributed by atoms with E-state index in [9.17, 15) is 0 Å². The Hall–Kier alpha value is -0.800. The maximum Gasteiger partial charge on any atom is 0.128 e. The Balaban J connectivity index is 2.15. The molecular formula is C10H14ClN3. The van der Waals surface area contributed by atoms with Crippen molar-refractivity contribution in [3.8, 4) is 0 Å². The van der Waals surface area contributed by atoms with Crippen molar-refractivity contribution < 1.29 is 0 Å². The molecule has 0 aromatic carbocycles. The van der Waals surface area contributed by atoms with E-state index in [4.69, 9.17) is 23.1 Å². The van der Waals surface area contributed by atoms with Crippen molar-refractivity contribution in [3.05, 3.63) is 22.8 Å². The minimum absolute atomic E-state index is 0.0197. The average molecular weight is 212 g/mol. The SMILES string of the molecule is Nc1ncc(Cl)cc1C(N)CC1CC1. The van der Waals surface area contributed by atoms with Crippen molar-refractivity contribution in [3.63, 3.8) is 0 Å². The van der Waals surface area contributed by atoms with Gasteiger partial charge in [-0.2, -0.15) is 0 Å². The molecule has 1 aromatic heterocycles. The molecular weight excluding hydrogens is 198 g/mol. The minimum atomic E-state index is -0.0197. The van der Waals surface area contributed by atoms with Crippen LogP contribution in [0.2, 0.25) is 5.02 Å². The summed E-state index contributed by atoms with van der Waals surface area (Å²) in [6.45, 7) is 0. The molecule has 2 rings (SSSR count). The maximum atomic E-state index is 6.03. The van der Waals surface area contributed by atoms with Crippen LogP contribution in [0.5, 0.6) is 0 Å². The van der Waals surface area contributed by atoms with Gasteiger partial charge in [-0.1, -0.05) is 24.4 Å². The van der Waals surface area contributed by atoms with Gasteiger partial charge in [-0.05, 0) is 18.4 Å². The van der Waals surface area contributed by atoms with Crippen LogP contribution in [0.1, 0.15) is 30.9 Å². The Morgan fingerprint density at radius 1 is 1.57 bits per heavy atom. The lowest BCUT2D eigenvalue weighted by molar-refractivity contribution is 0.597. The Morgan fingerprint density at radius 3 is 2.93 bits per heavy atom. The summed E-state index contributed by atoms with van der Waals surface area (Å²) in [6, 6.07) is 1.80. The third-order valence-electron chi connectivity index (χ3n) is 2.60. The van der Waals surface area contributed by atoms with Crippen molar-refractivity contribution in [1.82, 2.24) is 4.98 Å². The molecule has 0 spiro atoms. The monoisotopic (exact) mass is 211 g/mol. The van der Waals surface area contributed by atoms with Gasteiger partial charge in [0.2, 0.25) is 0 Å². The summed E-state index contributed by atoms with van der Waals surface area (Å²) in [6.07, 6.45) is 5.12. The summed E-state index contributed by atoms with van der Waals surface area (Å²) in [5.41, 5.74) is 12.6. The van der Waals surface area contributed by atoms with Crippen molar-refractivity contribution >= 4 is 17.4 Å². The first-order chi connectivity index (χ1) is 6.66. The van der Waals surface area contributed by atoms with Crippen LogP contribution in [0.4, 0.5) is 5.82 Å². The van der Waals surface area contributed by atoms with Gasteiger partial charge in [-0.25, -0.2) is 4.98 Å². The molecule has 1 aromatic rings. The molecule has 0 saturated heterocycles. The Morgan fingerprint density at radius 2 is 2.29 bits per heavy atom. The van der Waals surface area contributed by atoms with Crippen LogP contribution >= 0.6 is 11.6 Å². The van der Waals surface area contributed by atoms with E-state index in [0.717, 1.165) is 17.9 Å². The van der Waals surface area contributed by atoms with Crippen molar-refractivity contribution in [2.24, 2.45) is 11.7 Å². The summed E-state index contributed by atoms with van der Waals surface area (Å²) in [5, 5.41) is 0.598. The molecule has 0 aliphatic heterocycles. The van der Waals surface area contributed by atoms with Gasteiger partial charge in [-0.3, -0.25) is 0 Å². The van der Waals surface area contributed by atoms with Gasteiger partial charge in [0, 0.05) is 17.8 Å². The van der Waals surface area contributed by atoms with E-state index in [1.807, 2.05) is 6.07 Å². The van der Waals surface area contributed by atoms with E-state index in [2.05, 4.69) is 4.98 Å². The molecule has 1 fully saturated rings. The fraction of sp³-hybridized carbons (Fsp3) is 0.500. The molecule has 1 aliphatic rings. The molecule has 1 unspecified atom stereocenters. The number of halogens is 1. The molecule has 1 heterocycles. The third-order valence-corrected chi connectivity index (χ3v) is 2.81. The molecule has 3 nitrogen and oxygen atoms in total. The maximum absolute atomic E-state index is 6.03. The number of nitrogens with two attached hydrogens (primary N) is 2. The Labute approximate surface area is 88.5 Å². The number of rotatable bonds is 3. The Bertz CT molecular complexity index is 336. The van der Waals surface area contributed by atoms with Crippen molar-refractivity contribution in [1.29, 1.82) is 0 Å².